The second-order valence-corrected chi connectivity index (χ2v) is 25.9. The van der Waals surface area contributed by atoms with E-state index in [0.717, 1.165) is 0 Å². The summed E-state index contributed by atoms with van der Waals surface area (Å²) in [6.07, 6.45) is -32.2. The molecule has 3 saturated heterocycles. The Morgan fingerprint density at radius 2 is 0.395 bits per heavy atom. The number of esters is 10. The van der Waals surface area contributed by atoms with E-state index in [1.54, 1.807) is 109 Å². The van der Waals surface area contributed by atoms with Crippen molar-refractivity contribution in [2.75, 3.05) is 19.8 Å². The Morgan fingerprint density at radius 1 is 0.211 bits per heavy atom. The predicted molar refractivity (Wildman–Crippen MR) is 398 cm³/mol. The Hall–Kier alpha value is -13.3. The van der Waals surface area contributed by atoms with Gasteiger partial charge in [0, 0.05) is 0 Å². The van der Waals surface area contributed by atoms with Gasteiger partial charge < -0.3 is 76.2 Å². The van der Waals surface area contributed by atoms with Crippen molar-refractivity contribution in [1.82, 2.24) is 0 Å². The highest BCUT2D eigenvalue weighted by Gasteiger charge is 2.61. The first-order valence-corrected chi connectivity index (χ1v) is 36.0. The van der Waals surface area contributed by atoms with E-state index in [1.165, 1.54) is 194 Å². The van der Waals surface area contributed by atoms with Crippen molar-refractivity contribution in [3.63, 3.8) is 0 Å². The first-order chi connectivity index (χ1) is 55.6. The molecule has 10 aromatic rings. The molecule has 26 heteroatoms. The van der Waals surface area contributed by atoms with Gasteiger partial charge in [-0.05, 0) is 121 Å². The van der Waals surface area contributed by atoms with Gasteiger partial charge in [-0.1, -0.05) is 182 Å². The van der Waals surface area contributed by atoms with Gasteiger partial charge in [-0.3, -0.25) is 0 Å². The number of carbonyl (C=O) groups is 10. The normalized spacial score (nSPS) is 22.9. The molecule has 0 aromatic heterocycles. The van der Waals surface area contributed by atoms with Crippen LogP contribution in [0, 0.1) is 0 Å². The number of benzene rings is 10. The first kappa shape index (κ1) is 78.8. The molecule has 114 heavy (non-hydrogen) atoms. The van der Waals surface area contributed by atoms with Crippen molar-refractivity contribution in [3.8, 4) is 0 Å². The van der Waals surface area contributed by atoms with Crippen LogP contribution < -0.4 is 0 Å². The van der Waals surface area contributed by atoms with Gasteiger partial charge in [-0.15, -0.1) is 0 Å². The molecule has 580 valence electrons. The fraction of sp³-hybridized carbons (Fsp3) is 0.205. The summed E-state index contributed by atoms with van der Waals surface area (Å²) < 4.78 is 97.6. The summed E-state index contributed by atoms with van der Waals surface area (Å²) in [5.74, 6) is -10.8. The number of carbonyl (C=O) groups excluding carboxylic acids is 10. The zero-order valence-electron chi connectivity index (χ0n) is 60.3. The SMILES string of the molecule is O=C(OC[C@H]1O[C@H](O[C@H]2[C@@H](OC(=O)c3ccccc3)[C@@H](COC(=O)c3ccccc3)O[C@@H](O[C@H]3[C@H](OC(=O)c4ccccc4)[C@@H](OC(=O)c4ccccc4)[C@@H](O)O[C@@H]3COC(=O)c3ccccc3)[C@@H]2OC(=O)c2ccccc2)[C@H](OC(=O)c2ccccc2)[C@@H](OC(=O)c2ccccc2)[C@H]1OC(=O)c1ccccc1)c1ccccc1. The van der Waals surface area contributed by atoms with Gasteiger partial charge in [0.15, 0.2) is 61.6 Å². The lowest BCUT2D eigenvalue weighted by molar-refractivity contribution is -0.375. The van der Waals surface area contributed by atoms with Crippen LogP contribution in [0.1, 0.15) is 104 Å². The lowest BCUT2D eigenvalue weighted by atomic mass is 9.94. The van der Waals surface area contributed by atoms with E-state index in [4.69, 9.17) is 71.1 Å². The Labute approximate surface area is 651 Å². The maximum Gasteiger partial charge on any atom is 0.338 e. The molecule has 3 heterocycles. The maximum atomic E-state index is 15.5. The summed E-state index contributed by atoms with van der Waals surface area (Å²) in [6.45, 7) is -2.77. The molecule has 1 N–H and O–H groups in total. The summed E-state index contributed by atoms with van der Waals surface area (Å²) in [6, 6.07) is 75.0. The van der Waals surface area contributed by atoms with Crippen LogP contribution in [-0.4, -0.2) is 177 Å². The van der Waals surface area contributed by atoms with E-state index in [9.17, 15) is 33.9 Å². The highest BCUT2D eigenvalue weighted by atomic mass is 16.8. The van der Waals surface area contributed by atoms with Crippen LogP contribution in [-0.2, 0) is 71.1 Å². The lowest BCUT2D eigenvalue weighted by Gasteiger charge is -2.50. The second kappa shape index (κ2) is 38.1. The van der Waals surface area contributed by atoms with Crippen LogP contribution in [0.2, 0.25) is 0 Å². The molecular weight excluding hydrogens is 1470 g/mol. The van der Waals surface area contributed by atoms with Crippen molar-refractivity contribution in [2.45, 2.75) is 92.1 Å². The number of ether oxygens (including phenoxy) is 15. The molecular formula is C88H72O26. The molecule has 10 aromatic carbocycles. The molecule has 0 saturated carbocycles. The fourth-order valence-electron chi connectivity index (χ4n) is 12.6. The molecule has 3 fully saturated rings. The van der Waals surface area contributed by atoms with Gasteiger partial charge in [0.1, 0.15) is 50.3 Å². The monoisotopic (exact) mass is 1540 g/mol. The number of hydrogen-bond acceptors (Lipinski definition) is 26. The predicted octanol–water partition coefficient (Wildman–Crippen LogP) is 11.1. The summed E-state index contributed by atoms with van der Waals surface area (Å²) in [5.41, 5.74) is -0.621. The summed E-state index contributed by atoms with van der Waals surface area (Å²) >= 11 is 0. The zero-order chi connectivity index (χ0) is 79.3. The molecule has 0 radical (unpaired) electrons. The van der Waals surface area contributed by atoms with Crippen LogP contribution in [0.3, 0.4) is 0 Å². The van der Waals surface area contributed by atoms with Crippen LogP contribution in [0.5, 0.6) is 0 Å². The molecule has 3 aliphatic heterocycles. The lowest BCUT2D eigenvalue weighted by Crippen LogP contribution is -2.69. The third-order valence-corrected chi connectivity index (χ3v) is 18.3. The molecule has 0 aliphatic carbocycles. The highest BCUT2D eigenvalue weighted by molar-refractivity contribution is 5.94. The summed E-state index contributed by atoms with van der Waals surface area (Å²) in [7, 11) is 0. The van der Waals surface area contributed by atoms with Gasteiger partial charge in [-0.25, -0.2) is 47.9 Å². The third kappa shape index (κ3) is 19.9. The molecule has 3 aliphatic rings. The van der Waals surface area contributed by atoms with E-state index in [-0.39, 0.29) is 55.6 Å². The maximum absolute atomic E-state index is 15.5. The Kier molecular flexibility index (Phi) is 26.3. The van der Waals surface area contributed by atoms with Crippen LogP contribution >= 0.6 is 0 Å². The average molecular weight is 1550 g/mol. The molecule has 0 spiro atoms. The highest BCUT2D eigenvalue weighted by Crippen LogP contribution is 2.40. The van der Waals surface area contributed by atoms with Gasteiger partial charge in [0.25, 0.3) is 0 Å². The summed E-state index contributed by atoms with van der Waals surface area (Å²) in [4.78, 5) is 148. The van der Waals surface area contributed by atoms with Crippen LogP contribution in [0.25, 0.3) is 0 Å². The van der Waals surface area contributed by atoms with Gasteiger partial charge in [-0.2, -0.15) is 0 Å². The Morgan fingerprint density at radius 3 is 0.658 bits per heavy atom. The van der Waals surface area contributed by atoms with Gasteiger partial charge in [0.05, 0.1) is 55.6 Å². The number of aliphatic hydroxyl groups excluding tert-OH is 1. The van der Waals surface area contributed by atoms with Crippen LogP contribution in [0.4, 0.5) is 0 Å². The topological polar surface area (TPSA) is 329 Å². The van der Waals surface area contributed by atoms with Gasteiger partial charge in [0.2, 0.25) is 0 Å². The van der Waals surface area contributed by atoms with Gasteiger partial charge >= 0.3 is 59.7 Å². The van der Waals surface area contributed by atoms with E-state index in [2.05, 4.69) is 0 Å². The number of hydrogen-bond donors (Lipinski definition) is 1. The van der Waals surface area contributed by atoms with Crippen LogP contribution in [0.15, 0.2) is 303 Å². The van der Waals surface area contributed by atoms with Crippen molar-refractivity contribution in [1.29, 1.82) is 0 Å². The van der Waals surface area contributed by atoms with Crippen molar-refractivity contribution < 1.29 is 124 Å². The Bertz CT molecular complexity index is 4900. The molecule has 0 bridgehead atoms. The van der Waals surface area contributed by atoms with E-state index in [0.29, 0.717) is 0 Å². The van der Waals surface area contributed by atoms with E-state index < -0.39 is 172 Å². The van der Waals surface area contributed by atoms with Crippen molar-refractivity contribution in [2.24, 2.45) is 0 Å². The first-order valence-electron chi connectivity index (χ1n) is 36.0. The second-order valence-electron chi connectivity index (χ2n) is 25.9. The molecule has 0 unspecified atom stereocenters. The van der Waals surface area contributed by atoms with E-state index >= 15 is 19.2 Å². The number of rotatable bonds is 27. The minimum absolute atomic E-state index is 0.00248. The fourth-order valence-corrected chi connectivity index (χ4v) is 12.6. The minimum atomic E-state index is -2.38. The standard InChI is InChI=1S/C88H72O26/c89-76(54-31-11-1-12-32-54)100-51-64-69(70(108-81(94)59-41-21-6-22-42-59)73(86(99)103-64)110-83(96)61-45-25-8-26-46-61)113-87-75(112-85(98)63-49-29-10-30-50-63)72(68(107-80(93)58-39-19-5-20-40-58)66(104-87)53-102-78(91)56-35-15-3-16-36-56)114-88-74(111-84(97)62-47-27-9-28-48-62)71(109-82(95)60-43-23-7-24-44-60)67(106-79(92)57-37-17-4-18-38-57)65(105-88)52-101-77(90)55-33-13-2-14-34-55/h1-50,64-75,86-88,99H,51-53H2/t64-,65-,66-,67+,68+,69-,70+,71+,72+,73-,74-,75-,86+,87+,88-/m1/s1. The molecule has 26 nitrogen and oxygen atoms in total. The smallest absolute Gasteiger partial charge is 0.338 e. The largest absolute Gasteiger partial charge is 0.459 e. The molecule has 13 rings (SSSR count). The quantitative estimate of drug-likeness (QED) is 0.0369. The minimum Gasteiger partial charge on any atom is -0.459 e. The summed E-state index contributed by atoms with van der Waals surface area (Å²) in [5, 5.41) is 12.3. The molecule has 0 amide bonds. The average Bonchev–Trinajstić information content (AvgIpc) is 0.757. The zero-order valence-corrected chi connectivity index (χ0v) is 60.3. The van der Waals surface area contributed by atoms with Crippen molar-refractivity contribution in [3.05, 3.63) is 359 Å². The number of aliphatic hydroxyl groups is 1. The molecule has 15 atom stereocenters. The third-order valence-electron chi connectivity index (χ3n) is 18.3. The van der Waals surface area contributed by atoms with E-state index in [1.807, 2.05) is 0 Å². The van der Waals surface area contributed by atoms with Crippen molar-refractivity contribution >= 4 is 59.7 Å². The Balaban J connectivity index is 1.02.